The van der Waals surface area contributed by atoms with Crippen LogP contribution in [0.4, 0.5) is 0 Å². The molecule has 0 saturated carbocycles. The molecule has 2 heterocycles. The van der Waals surface area contributed by atoms with E-state index in [4.69, 9.17) is 4.74 Å². The van der Waals surface area contributed by atoms with Crippen molar-refractivity contribution >= 4 is 0 Å². The van der Waals surface area contributed by atoms with Crippen LogP contribution < -0.4 is 10.9 Å². The van der Waals surface area contributed by atoms with Gasteiger partial charge in [-0.3, -0.25) is 4.79 Å². The second kappa shape index (κ2) is 4.58. The average molecular weight is 237 g/mol. The Morgan fingerprint density at radius 1 is 1.47 bits per heavy atom. The standard InChI is InChI=1S/C12H19N3O2/c1-4-17-12(2,3)11-14-9-7-13-6-5-8(9)10(16)15-11/h13H,4-7H2,1-3H3,(H,14,15,16). The summed E-state index contributed by atoms with van der Waals surface area (Å²) in [4.78, 5) is 19.3. The van der Waals surface area contributed by atoms with Crippen LogP contribution in [0.3, 0.4) is 0 Å². The summed E-state index contributed by atoms with van der Waals surface area (Å²) in [5.41, 5.74) is 1.07. The average Bonchev–Trinajstić information content (AvgIpc) is 2.29. The summed E-state index contributed by atoms with van der Waals surface area (Å²) in [6.07, 6.45) is 0.743. The van der Waals surface area contributed by atoms with Crippen molar-refractivity contribution in [3.05, 3.63) is 27.4 Å². The van der Waals surface area contributed by atoms with E-state index in [0.717, 1.165) is 24.2 Å². The van der Waals surface area contributed by atoms with Crippen molar-refractivity contribution in [2.45, 2.75) is 39.3 Å². The molecule has 0 bridgehead atoms. The molecule has 0 unspecified atom stereocenters. The zero-order chi connectivity index (χ0) is 12.5. The van der Waals surface area contributed by atoms with E-state index >= 15 is 0 Å². The quantitative estimate of drug-likeness (QED) is 0.811. The van der Waals surface area contributed by atoms with Crippen molar-refractivity contribution in [1.29, 1.82) is 0 Å². The van der Waals surface area contributed by atoms with Crippen LogP contribution in [0, 0.1) is 0 Å². The highest BCUT2D eigenvalue weighted by Gasteiger charge is 2.26. The van der Waals surface area contributed by atoms with Crippen LogP contribution >= 0.6 is 0 Å². The molecular formula is C12H19N3O2. The Hall–Kier alpha value is -1.20. The fourth-order valence-corrected chi connectivity index (χ4v) is 2.08. The van der Waals surface area contributed by atoms with E-state index in [1.54, 1.807) is 0 Å². The van der Waals surface area contributed by atoms with E-state index in [1.165, 1.54) is 0 Å². The number of aromatic amines is 1. The number of hydrogen-bond donors (Lipinski definition) is 2. The molecule has 0 spiro atoms. The maximum atomic E-state index is 12.0. The molecule has 0 saturated heterocycles. The van der Waals surface area contributed by atoms with Gasteiger partial charge in [0.15, 0.2) is 0 Å². The molecule has 94 valence electrons. The van der Waals surface area contributed by atoms with Crippen LogP contribution in [-0.4, -0.2) is 23.1 Å². The maximum Gasteiger partial charge on any atom is 0.254 e. The van der Waals surface area contributed by atoms with Crippen molar-refractivity contribution in [1.82, 2.24) is 15.3 Å². The third kappa shape index (κ3) is 2.40. The van der Waals surface area contributed by atoms with Crippen LogP contribution in [0.15, 0.2) is 4.79 Å². The fourth-order valence-electron chi connectivity index (χ4n) is 2.08. The number of rotatable bonds is 3. The molecule has 0 aromatic carbocycles. The molecule has 5 heteroatoms. The highest BCUT2D eigenvalue weighted by atomic mass is 16.5. The minimum atomic E-state index is -0.555. The van der Waals surface area contributed by atoms with Crippen molar-refractivity contribution < 1.29 is 4.74 Å². The first kappa shape index (κ1) is 12.3. The third-order valence-electron chi connectivity index (χ3n) is 3.02. The molecule has 1 aliphatic heterocycles. The summed E-state index contributed by atoms with van der Waals surface area (Å²) in [5, 5.41) is 3.22. The van der Waals surface area contributed by atoms with E-state index in [1.807, 2.05) is 20.8 Å². The van der Waals surface area contributed by atoms with Crippen LogP contribution in [0.2, 0.25) is 0 Å². The number of H-pyrrole nitrogens is 1. The minimum absolute atomic E-state index is 0.0284. The monoisotopic (exact) mass is 237 g/mol. The van der Waals surface area contributed by atoms with Gasteiger partial charge in [-0.1, -0.05) is 0 Å². The Labute approximate surface area is 101 Å². The van der Waals surface area contributed by atoms with Gasteiger partial charge in [0.25, 0.3) is 5.56 Å². The molecule has 2 rings (SSSR count). The lowest BCUT2D eigenvalue weighted by molar-refractivity contribution is -0.0212. The van der Waals surface area contributed by atoms with E-state index in [9.17, 15) is 4.79 Å². The van der Waals surface area contributed by atoms with Crippen LogP contribution in [0.25, 0.3) is 0 Å². The molecule has 1 aliphatic rings. The largest absolute Gasteiger partial charge is 0.368 e. The predicted molar refractivity (Wildman–Crippen MR) is 64.9 cm³/mol. The Bertz CT molecular complexity index is 465. The Morgan fingerprint density at radius 3 is 2.94 bits per heavy atom. The van der Waals surface area contributed by atoms with Gasteiger partial charge in [-0.2, -0.15) is 0 Å². The zero-order valence-electron chi connectivity index (χ0n) is 10.6. The third-order valence-corrected chi connectivity index (χ3v) is 3.02. The lowest BCUT2D eigenvalue weighted by atomic mass is 10.1. The second-order valence-corrected chi connectivity index (χ2v) is 4.71. The molecule has 0 atom stereocenters. The Kier molecular flexibility index (Phi) is 3.31. The lowest BCUT2D eigenvalue weighted by Gasteiger charge is -2.25. The SMILES string of the molecule is CCOC(C)(C)c1nc2c(c(=O)[nH]1)CCNC2. The molecular weight excluding hydrogens is 218 g/mol. The van der Waals surface area contributed by atoms with Gasteiger partial charge in [0.1, 0.15) is 11.4 Å². The van der Waals surface area contributed by atoms with Crippen LogP contribution in [0.5, 0.6) is 0 Å². The molecule has 17 heavy (non-hydrogen) atoms. The summed E-state index contributed by atoms with van der Waals surface area (Å²) in [6, 6.07) is 0. The van der Waals surface area contributed by atoms with Gasteiger partial charge in [-0.25, -0.2) is 4.98 Å². The minimum Gasteiger partial charge on any atom is -0.368 e. The maximum absolute atomic E-state index is 12.0. The smallest absolute Gasteiger partial charge is 0.254 e. The topological polar surface area (TPSA) is 67.0 Å². The van der Waals surface area contributed by atoms with Crippen molar-refractivity contribution in [2.75, 3.05) is 13.2 Å². The van der Waals surface area contributed by atoms with E-state index < -0.39 is 5.60 Å². The number of hydrogen-bond acceptors (Lipinski definition) is 4. The Balaban J connectivity index is 2.44. The number of aromatic nitrogens is 2. The lowest BCUT2D eigenvalue weighted by Crippen LogP contribution is -2.35. The Morgan fingerprint density at radius 2 is 2.24 bits per heavy atom. The summed E-state index contributed by atoms with van der Waals surface area (Å²) in [5.74, 6) is 0.604. The summed E-state index contributed by atoms with van der Waals surface area (Å²) >= 11 is 0. The van der Waals surface area contributed by atoms with E-state index in [0.29, 0.717) is 19.0 Å². The normalized spacial score (nSPS) is 15.7. The summed E-state index contributed by atoms with van der Waals surface area (Å²) in [6.45, 7) is 7.85. The second-order valence-electron chi connectivity index (χ2n) is 4.71. The first-order valence-electron chi connectivity index (χ1n) is 6.02. The zero-order valence-corrected chi connectivity index (χ0v) is 10.6. The number of ether oxygens (including phenoxy) is 1. The van der Waals surface area contributed by atoms with Gasteiger partial charge in [0.05, 0.1) is 5.69 Å². The summed E-state index contributed by atoms with van der Waals surface area (Å²) in [7, 11) is 0. The highest BCUT2D eigenvalue weighted by Crippen LogP contribution is 2.21. The van der Waals surface area contributed by atoms with E-state index in [2.05, 4.69) is 15.3 Å². The van der Waals surface area contributed by atoms with Gasteiger partial charge in [-0.15, -0.1) is 0 Å². The molecule has 0 aliphatic carbocycles. The number of nitrogens with one attached hydrogen (secondary N) is 2. The number of fused-ring (bicyclic) bond motifs is 1. The van der Waals surface area contributed by atoms with Crippen LogP contribution in [0.1, 0.15) is 37.9 Å². The van der Waals surface area contributed by atoms with Crippen molar-refractivity contribution in [3.8, 4) is 0 Å². The van der Waals surface area contributed by atoms with Crippen molar-refractivity contribution in [3.63, 3.8) is 0 Å². The van der Waals surface area contributed by atoms with Gasteiger partial charge < -0.3 is 15.0 Å². The molecule has 5 nitrogen and oxygen atoms in total. The molecule has 2 N–H and O–H groups in total. The fraction of sp³-hybridized carbons (Fsp3) is 0.667. The van der Waals surface area contributed by atoms with Gasteiger partial charge >= 0.3 is 0 Å². The first-order valence-corrected chi connectivity index (χ1v) is 6.02. The number of nitrogens with zero attached hydrogens (tertiary/aromatic N) is 1. The van der Waals surface area contributed by atoms with Gasteiger partial charge in [0, 0.05) is 18.7 Å². The van der Waals surface area contributed by atoms with Crippen LogP contribution in [-0.2, 0) is 23.3 Å². The van der Waals surface area contributed by atoms with Crippen molar-refractivity contribution in [2.24, 2.45) is 0 Å². The molecule has 0 fully saturated rings. The molecule has 1 aromatic rings. The van der Waals surface area contributed by atoms with Gasteiger partial charge in [0.2, 0.25) is 0 Å². The summed E-state index contributed by atoms with van der Waals surface area (Å²) < 4.78 is 5.61. The predicted octanol–water partition coefficient (Wildman–Crippen LogP) is 0.687. The highest BCUT2D eigenvalue weighted by molar-refractivity contribution is 5.21. The molecule has 0 amide bonds. The molecule has 1 aromatic heterocycles. The van der Waals surface area contributed by atoms with Gasteiger partial charge in [-0.05, 0) is 33.7 Å². The molecule has 0 radical (unpaired) electrons. The van der Waals surface area contributed by atoms with E-state index in [-0.39, 0.29) is 5.56 Å². The first-order chi connectivity index (χ1) is 8.04.